The van der Waals surface area contributed by atoms with Crippen LogP contribution in [0.2, 0.25) is 0 Å². The van der Waals surface area contributed by atoms with Crippen molar-refractivity contribution in [2.45, 2.75) is 56.8 Å². The van der Waals surface area contributed by atoms with E-state index < -0.39 is 0 Å². The van der Waals surface area contributed by atoms with Gasteiger partial charge in [-0.05, 0) is 48.8 Å². The van der Waals surface area contributed by atoms with Crippen LogP contribution in [-0.2, 0) is 24.2 Å². The first-order valence-corrected chi connectivity index (χ1v) is 14.0. The van der Waals surface area contributed by atoms with E-state index in [0.717, 1.165) is 47.0 Å². The summed E-state index contributed by atoms with van der Waals surface area (Å²) in [5, 5.41) is 4.63. The Balaban J connectivity index is 1.39. The van der Waals surface area contributed by atoms with E-state index in [-0.39, 0.29) is 23.3 Å². The smallest absolute Gasteiger partial charge is 0.263 e. The lowest BCUT2D eigenvalue weighted by Crippen LogP contribution is -2.31. The average Bonchev–Trinajstić information content (AvgIpc) is 3.27. The van der Waals surface area contributed by atoms with Crippen LogP contribution in [0.15, 0.2) is 70.6 Å². The Hall–Kier alpha value is -2.90. The van der Waals surface area contributed by atoms with Gasteiger partial charge in [-0.15, -0.1) is 11.3 Å². The molecule has 1 aliphatic rings. The number of carbonyl (C=O) groups excluding carboxylic acids is 1. The number of nitrogens with one attached hydrogen (secondary N) is 1. The number of rotatable bonds is 8. The molecular weight excluding hydrogens is 474 g/mol. The maximum Gasteiger partial charge on any atom is 0.263 e. The average molecular weight is 504 g/mol. The van der Waals surface area contributed by atoms with E-state index in [1.54, 1.807) is 15.9 Å². The Kier molecular flexibility index (Phi) is 7.35. The zero-order valence-corrected chi connectivity index (χ0v) is 21.5. The van der Waals surface area contributed by atoms with Gasteiger partial charge in [-0.25, -0.2) is 4.98 Å². The quantitative estimate of drug-likeness (QED) is 0.246. The van der Waals surface area contributed by atoms with E-state index in [1.807, 2.05) is 60.7 Å². The Morgan fingerprint density at radius 2 is 1.71 bits per heavy atom. The molecule has 5 nitrogen and oxygen atoms in total. The van der Waals surface area contributed by atoms with Crippen molar-refractivity contribution in [2.24, 2.45) is 0 Å². The summed E-state index contributed by atoms with van der Waals surface area (Å²) in [5.74, 6) is 0.110. The van der Waals surface area contributed by atoms with Gasteiger partial charge in [0.25, 0.3) is 5.56 Å². The van der Waals surface area contributed by atoms with Crippen molar-refractivity contribution < 1.29 is 4.79 Å². The molecule has 1 aliphatic carbocycles. The molecule has 4 aromatic rings. The van der Waals surface area contributed by atoms with E-state index in [1.165, 1.54) is 28.6 Å². The minimum Gasteiger partial charge on any atom is -0.344 e. The van der Waals surface area contributed by atoms with Crippen LogP contribution in [-0.4, -0.2) is 21.2 Å². The summed E-state index contributed by atoms with van der Waals surface area (Å²) in [6, 6.07) is 19.7. The van der Waals surface area contributed by atoms with Crippen molar-refractivity contribution in [3.05, 3.63) is 92.6 Å². The molecule has 7 heteroatoms. The number of carbonyl (C=O) groups is 1. The molecule has 0 unspecified atom stereocenters. The first kappa shape index (κ1) is 23.8. The van der Waals surface area contributed by atoms with Gasteiger partial charge in [0.1, 0.15) is 4.83 Å². The second-order valence-electron chi connectivity index (χ2n) is 8.85. The van der Waals surface area contributed by atoms with Crippen LogP contribution in [0.1, 0.15) is 53.8 Å². The van der Waals surface area contributed by atoms with Gasteiger partial charge in [-0.2, -0.15) is 0 Å². The monoisotopic (exact) mass is 503 g/mol. The normalized spacial score (nSPS) is 13.2. The highest BCUT2D eigenvalue weighted by molar-refractivity contribution is 7.99. The molecule has 0 spiro atoms. The van der Waals surface area contributed by atoms with Crippen molar-refractivity contribution in [2.75, 3.05) is 5.75 Å². The van der Waals surface area contributed by atoms with Crippen molar-refractivity contribution in [1.82, 2.24) is 14.9 Å². The third-order valence-corrected chi connectivity index (χ3v) is 8.55. The van der Waals surface area contributed by atoms with Gasteiger partial charge in [0.15, 0.2) is 5.16 Å². The maximum absolute atomic E-state index is 13.5. The van der Waals surface area contributed by atoms with Crippen LogP contribution in [0, 0.1) is 0 Å². The number of thioether (sulfide) groups is 1. The topological polar surface area (TPSA) is 64.0 Å². The van der Waals surface area contributed by atoms with E-state index >= 15 is 0 Å². The van der Waals surface area contributed by atoms with Gasteiger partial charge in [0.05, 0.1) is 17.2 Å². The fourth-order valence-corrected chi connectivity index (χ4v) is 6.87. The molecule has 2 aromatic carbocycles. The predicted molar refractivity (Wildman–Crippen MR) is 144 cm³/mol. The van der Waals surface area contributed by atoms with Gasteiger partial charge in [0.2, 0.25) is 5.91 Å². The molecular formula is C28H29N3O2S2. The summed E-state index contributed by atoms with van der Waals surface area (Å²) in [5.41, 5.74) is 3.32. The van der Waals surface area contributed by atoms with Gasteiger partial charge >= 0.3 is 0 Å². The molecule has 180 valence electrons. The number of nitrogens with zero attached hydrogens (tertiary/aromatic N) is 2. The van der Waals surface area contributed by atoms with E-state index in [4.69, 9.17) is 4.98 Å². The number of hydrogen-bond donors (Lipinski definition) is 1. The fraction of sp³-hybridized carbons (Fsp3) is 0.321. The number of benzene rings is 2. The molecule has 0 radical (unpaired) electrons. The van der Waals surface area contributed by atoms with Crippen molar-refractivity contribution in [1.29, 1.82) is 0 Å². The zero-order chi connectivity index (χ0) is 24.2. The number of hydrogen-bond acceptors (Lipinski definition) is 5. The number of thiophene rings is 1. The first-order valence-electron chi connectivity index (χ1n) is 12.2. The Bertz CT molecular complexity index is 1340. The summed E-state index contributed by atoms with van der Waals surface area (Å²) in [6.45, 7) is 2.66. The Morgan fingerprint density at radius 3 is 2.37 bits per heavy atom. The highest BCUT2D eigenvalue weighted by Crippen LogP contribution is 2.34. The summed E-state index contributed by atoms with van der Waals surface area (Å²) in [4.78, 5) is 33.6. The van der Waals surface area contributed by atoms with E-state index in [0.29, 0.717) is 11.7 Å². The fourth-order valence-electron chi connectivity index (χ4n) is 4.73. The van der Waals surface area contributed by atoms with Crippen LogP contribution in [0.25, 0.3) is 10.2 Å². The van der Waals surface area contributed by atoms with Crippen LogP contribution in [0.4, 0.5) is 0 Å². The summed E-state index contributed by atoms with van der Waals surface area (Å²) >= 11 is 3.00. The highest BCUT2D eigenvalue weighted by atomic mass is 32.2. The van der Waals surface area contributed by atoms with Crippen molar-refractivity contribution in [3.8, 4) is 0 Å². The number of aryl methyl sites for hydroxylation is 2. The first-order chi connectivity index (χ1) is 17.2. The van der Waals surface area contributed by atoms with Gasteiger partial charge in [-0.1, -0.05) is 79.3 Å². The minimum atomic E-state index is -0.234. The lowest BCUT2D eigenvalue weighted by atomic mass is 9.97. The molecule has 0 saturated heterocycles. The molecule has 0 atom stereocenters. The third kappa shape index (κ3) is 5.07. The Morgan fingerprint density at radius 1 is 1.06 bits per heavy atom. The Labute approximate surface area is 213 Å². The molecule has 5 rings (SSSR count). The number of amides is 1. The summed E-state index contributed by atoms with van der Waals surface area (Å²) in [7, 11) is 0. The number of fused-ring (bicyclic) bond motifs is 3. The van der Waals surface area contributed by atoms with Crippen LogP contribution in [0.3, 0.4) is 0 Å². The molecule has 0 aliphatic heterocycles. The molecule has 1 amide bonds. The molecule has 1 N–H and O–H groups in total. The number of aromatic nitrogens is 2. The second kappa shape index (κ2) is 10.8. The van der Waals surface area contributed by atoms with Crippen molar-refractivity contribution >= 4 is 39.2 Å². The van der Waals surface area contributed by atoms with Gasteiger partial charge in [0, 0.05) is 11.4 Å². The largest absolute Gasteiger partial charge is 0.344 e. The van der Waals surface area contributed by atoms with Crippen LogP contribution < -0.4 is 10.9 Å². The van der Waals surface area contributed by atoms with Crippen molar-refractivity contribution in [3.63, 3.8) is 0 Å². The standard InChI is InChI=1S/C28H29N3O2S2/c1-2-17-31-27(33)24-21-15-9-10-16-22(21)35-26(24)30-28(31)34-18-23(32)29-25(19-11-5-3-6-12-19)20-13-7-4-8-14-20/h3-8,11-14,25H,2,9-10,15-18H2,1H3,(H,29,32). The molecule has 0 fully saturated rings. The minimum absolute atomic E-state index is 0.0469. The van der Waals surface area contributed by atoms with E-state index in [9.17, 15) is 9.59 Å². The molecule has 35 heavy (non-hydrogen) atoms. The third-order valence-electron chi connectivity index (χ3n) is 6.39. The lowest BCUT2D eigenvalue weighted by molar-refractivity contribution is -0.119. The molecule has 2 aromatic heterocycles. The predicted octanol–water partition coefficient (Wildman–Crippen LogP) is 5.74. The second-order valence-corrected chi connectivity index (χ2v) is 10.9. The summed E-state index contributed by atoms with van der Waals surface area (Å²) in [6.07, 6.45) is 5.15. The van der Waals surface area contributed by atoms with Gasteiger partial charge < -0.3 is 5.32 Å². The van der Waals surface area contributed by atoms with E-state index in [2.05, 4.69) is 12.2 Å². The summed E-state index contributed by atoms with van der Waals surface area (Å²) < 4.78 is 1.77. The van der Waals surface area contributed by atoms with Crippen LogP contribution in [0.5, 0.6) is 0 Å². The lowest BCUT2D eigenvalue weighted by Gasteiger charge is -2.20. The van der Waals surface area contributed by atoms with Crippen LogP contribution >= 0.6 is 23.1 Å². The molecule has 0 saturated carbocycles. The molecule has 0 bridgehead atoms. The highest BCUT2D eigenvalue weighted by Gasteiger charge is 2.23. The van der Waals surface area contributed by atoms with Gasteiger partial charge in [-0.3, -0.25) is 14.2 Å². The zero-order valence-electron chi connectivity index (χ0n) is 19.8. The maximum atomic E-state index is 13.5. The SMILES string of the molecule is CCCn1c(SCC(=O)NC(c2ccccc2)c2ccccc2)nc2sc3c(c2c1=O)CCCC3. The molecule has 2 heterocycles.